The van der Waals surface area contributed by atoms with Crippen molar-refractivity contribution < 1.29 is 14.3 Å². The first kappa shape index (κ1) is 17.7. The third-order valence-electron chi connectivity index (χ3n) is 5.89. The Balaban J connectivity index is 1.62. The van der Waals surface area contributed by atoms with Crippen molar-refractivity contribution in [1.29, 1.82) is 0 Å². The Bertz CT molecular complexity index is 1030. The van der Waals surface area contributed by atoms with Gasteiger partial charge in [0.1, 0.15) is 10.8 Å². The van der Waals surface area contributed by atoms with Gasteiger partial charge in [-0.2, -0.15) is 0 Å². The molecule has 7 heteroatoms. The van der Waals surface area contributed by atoms with Crippen molar-refractivity contribution in [2.45, 2.75) is 57.5 Å². The Labute approximate surface area is 168 Å². The number of aryl methyl sites for hydroxylation is 1. The summed E-state index contributed by atoms with van der Waals surface area (Å²) in [7, 11) is 0. The Morgan fingerprint density at radius 1 is 1.32 bits per heavy atom. The van der Waals surface area contributed by atoms with Crippen molar-refractivity contribution in [3.63, 3.8) is 0 Å². The van der Waals surface area contributed by atoms with Gasteiger partial charge in [-0.3, -0.25) is 4.79 Å². The number of carbonyl (C=O) groups is 2. The molecule has 0 radical (unpaired) electrons. The molecule has 2 aromatic heterocycles. The molecule has 2 amide bonds. The van der Waals surface area contributed by atoms with E-state index in [1.165, 1.54) is 4.90 Å². The molecule has 2 aromatic rings. The standard InChI is InChI=1S/C21H22ClN3O3/c1-20(2,3)28-19(27)25-10-21(6-7-21)17-15(18(25)26)12-5-4-11-9-23-14(22)8-13(11)16(12)24-17/h8-9,24H,4-7,10H2,1-3H3. The van der Waals surface area contributed by atoms with E-state index in [1.807, 2.05) is 33.0 Å². The minimum atomic E-state index is -0.644. The van der Waals surface area contributed by atoms with Crippen LogP contribution in [0.1, 0.15) is 60.8 Å². The van der Waals surface area contributed by atoms with E-state index in [0.717, 1.165) is 53.8 Å². The lowest BCUT2D eigenvalue weighted by atomic mass is 9.86. The minimum absolute atomic E-state index is 0.172. The zero-order chi connectivity index (χ0) is 19.8. The highest BCUT2D eigenvalue weighted by Crippen LogP contribution is 2.54. The van der Waals surface area contributed by atoms with Crippen LogP contribution in [-0.2, 0) is 23.0 Å². The summed E-state index contributed by atoms with van der Waals surface area (Å²) in [5, 5.41) is 0.432. The quantitative estimate of drug-likeness (QED) is 0.672. The van der Waals surface area contributed by atoms with Crippen molar-refractivity contribution in [2.24, 2.45) is 0 Å². The maximum absolute atomic E-state index is 13.3. The van der Waals surface area contributed by atoms with Crippen LogP contribution in [0.2, 0.25) is 5.15 Å². The summed E-state index contributed by atoms with van der Waals surface area (Å²) in [5.74, 6) is -0.261. The average molecular weight is 400 g/mol. The maximum atomic E-state index is 13.3. The van der Waals surface area contributed by atoms with Crippen LogP contribution in [0.4, 0.5) is 4.79 Å². The van der Waals surface area contributed by atoms with Crippen molar-refractivity contribution >= 4 is 23.6 Å². The number of H-pyrrole nitrogens is 1. The topological polar surface area (TPSA) is 75.3 Å². The van der Waals surface area contributed by atoms with Crippen LogP contribution in [0, 0.1) is 0 Å². The number of aromatic nitrogens is 2. The second-order valence-electron chi connectivity index (χ2n) is 9.04. The number of nitrogens with zero attached hydrogens (tertiary/aromatic N) is 2. The fraction of sp³-hybridized carbons (Fsp3) is 0.476. The smallest absolute Gasteiger partial charge is 0.417 e. The predicted octanol–water partition coefficient (Wildman–Crippen LogP) is 4.25. The van der Waals surface area contributed by atoms with Crippen LogP contribution >= 0.6 is 11.6 Å². The number of imide groups is 1. The third-order valence-corrected chi connectivity index (χ3v) is 6.09. The molecular weight excluding hydrogens is 378 g/mol. The molecular formula is C21H22ClN3O3. The number of carbonyl (C=O) groups excluding carboxylic acids is 2. The second-order valence-corrected chi connectivity index (χ2v) is 9.43. The molecule has 1 N–H and O–H groups in total. The van der Waals surface area contributed by atoms with Gasteiger partial charge < -0.3 is 9.72 Å². The number of rotatable bonds is 0. The number of aromatic amines is 1. The van der Waals surface area contributed by atoms with E-state index in [4.69, 9.17) is 16.3 Å². The van der Waals surface area contributed by atoms with Crippen LogP contribution in [0.15, 0.2) is 12.3 Å². The highest BCUT2D eigenvalue weighted by atomic mass is 35.5. The fourth-order valence-corrected chi connectivity index (χ4v) is 4.57. The summed E-state index contributed by atoms with van der Waals surface area (Å²) >= 11 is 6.13. The maximum Gasteiger partial charge on any atom is 0.417 e. The number of ether oxygens (including phenoxy) is 1. The van der Waals surface area contributed by atoms with Crippen LogP contribution < -0.4 is 0 Å². The number of amides is 2. The molecule has 2 aliphatic carbocycles. The number of hydrogen-bond donors (Lipinski definition) is 1. The van der Waals surface area contributed by atoms with E-state index in [-0.39, 0.29) is 11.3 Å². The van der Waals surface area contributed by atoms with Gasteiger partial charge in [-0.25, -0.2) is 14.7 Å². The predicted molar refractivity (Wildman–Crippen MR) is 105 cm³/mol. The SMILES string of the molecule is CC(C)(C)OC(=O)N1CC2(CC2)c2[nH]c3c(c2C1=O)CCc1cnc(Cl)cc1-3. The Morgan fingerprint density at radius 2 is 2.07 bits per heavy atom. The van der Waals surface area contributed by atoms with Gasteiger partial charge in [0.05, 0.1) is 11.3 Å². The summed E-state index contributed by atoms with van der Waals surface area (Å²) in [6.45, 7) is 5.80. The molecule has 1 aliphatic heterocycles. The highest BCUT2D eigenvalue weighted by Gasteiger charge is 2.56. The molecule has 5 rings (SSSR count). The van der Waals surface area contributed by atoms with Gasteiger partial charge in [0, 0.05) is 29.4 Å². The summed E-state index contributed by atoms with van der Waals surface area (Å²) in [4.78, 5) is 35.1. The molecule has 0 unspecified atom stereocenters. The molecule has 1 spiro atoms. The Hall–Kier alpha value is -2.34. The molecule has 6 nitrogen and oxygen atoms in total. The zero-order valence-corrected chi connectivity index (χ0v) is 16.9. The molecule has 1 saturated carbocycles. The van der Waals surface area contributed by atoms with Crippen LogP contribution in [0.3, 0.4) is 0 Å². The lowest BCUT2D eigenvalue weighted by Crippen LogP contribution is -2.48. The minimum Gasteiger partial charge on any atom is -0.443 e. The fourth-order valence-electron chi connectivity index (χ4n) is 4.41. The normalized spacial score (nSPS) is 19.1. The van der Waals surface area contributed by atoms with Gasteiger partial charge in [-0.05, 0) is 63.6 Å². The van der Waals surface area contributed by atoms with Gasteiger partial charge >= 0.3 is 6.09 Å². The summed E-state index contributed by atoms with van der Waals surface area (Å²) < 4.78 is 5.51. The van der Waals surface area contributed by atoms with E-state index in [1.54, 1.807) is 0 Å². The van der Waals surface area contributed by atoms with Gasteiger partial charge in [0.25, 0.3) is 5.91 Å². The first-order valence-corrected chi connectivity index (χ1v) is 10.0. The molecule has 3 aliphatic rings. The number of hydrogen-bond acceptors (Lipinski definition) is 4. The number of pyridine rings is 1. The molecule has 0 saturated heterocycles. The number of fused-ring (bicyclic) bond motifs is 6. The van der Waals surface area contributed by atoms with Gasteiger partial charge in [0.15, 0.2) is 0 Å². The van der Waals surface area contributed by atoms with Gasteiger partial charge in [-0.15, -0.1) is 0 Å². The zero-order valence-electron chi connectivity index (χ0n) is 16.2. The van der Waals surface area contributed by atoms with Crippen molar-refractivity contribution in [3.8, 4) is 11.3 Å². The Kier molecular flexibility index (Phi) is 3.55. The van der Waals surface area contributed by atoms with E-state index >= 15 is 0 Å². The van der Waals surface area contributed by atoms with Crippen molar-refractivity contribution in [1.82, 2.24) is 14.9 Å². The molecule has 28 heavy (non-hydrogen) atoms. The first-order chi connectivity index (χ1) is 13.2. The van der Waals surface area contributed by atoms with E-state index in [9.17, 15) is 9.59 Å². The summed E-state index contributed by atoms with van der Waals surface area (Å²) in [6.07, 6.45) is 4.69. The summed E-state index contributed by atoms with van der Waals surface area (Å²) in [6, 6.07) is 1.85. The summed E-state index contributed by atoms with van der Waals surface area (Å²) in [5.41, 5.74) is 4.87. The lowest BCUT2D eigenvalue weighted by Gasteiger charge is -2.33. The van der Waals surface area contributed by atoms with Crippen LogP contribution in [-0.4, -0.2) is 39.0 Å². The Morgan fingerprint density at radius 3 is 2.75 bits per heavy atom. The van der Waals surface area contributed by atoms with E-state index < -0.39 is 11.7 Å². The van der Waals surface area contributed by atoms with Crippen LogP contribution in [0.25, 0.3) is 11.3 Å². The average Bonchev–Trinajstić information content (AvgIpc) is 3.26. The molecule has 0 atom stereocenters. The van der Waals surface area contributed by atoms with E-state index in [0.29, 0.717) is 17.3 Å². The van der Waals surface area contributed by atoms with E-state index in [2.05, 4.69) is 9.97 Å². The molecule has 146 valence electrons. The third kappa shape index (κ3) is 2.58. The molecule has 0 aromatic carbocycles. The molecule has 1 fully saturated rings. The highest BCUT2D eigenvalue weighted by molar-refractivity contribution is 6.29. The second kappa shape index (κ2) is 5.60. The van der Waals surface area contributed by atoms with Gasteiger partial charge in [0.2, 0.25) is 0 Å². The largest absolute Gasteiger partial charge is 0.443 e. The van der Waals surface area contributed by atoms with Gasteiger partial charge in [-0.1, -0.05) is 11.6 Å². The number of halogens is 1. The monoisotopic (exact) mass is 399 g/mol. The molecule has 0 bridgehead atoms. The molecule has 3 heterocycles. The first-order valence-electron chi connectivity index (χ1n) is 9.63. The lowest BCUT2D eigenvalue weighted by molar-refractivity contribution is 0.0210. The van der Waals surface area contributed by atoms with Crippen LogP contribution in [0.5, 0.6) is 0 Å². The van der Waals surface area contributed by atoms with Crippen molar-refractivity contribution in [2.75, 3.05) is 6.54 Å². The number of nitrogens with one attached hydrogen (secondary N) is 1. The van der Waals surface area contributed by atoms with Crippen molar-refractivity contribution in [3.05, 3.63) is 39.8 Å².